The Kier molecular flexibility index (Phi) is 11.3. The molecule has 0 saturated carbocycles. The monoisotopic (exact) mass is 229 g/mol. The first kappa shape index (κ1) is 15.9. The summed E-state index contributed by atoms with van der Waals surface area (Å²) in [7, 11) is 2.32. The summed E-state index contributed by atoms with van der Waals surface area (Å²) in [5.41, 5.74) is 0. The van der Waals surface area contributed by atoms with Crippen molar-refractivity contribution in [3.05, 3.63) is 0 Å². The van der Waals surface area contributed by atoms with Crippen LogP contribution in [0.4, 0.5) is 0 Å². The molecule has 1 N–H and O–H groups in total. The topological polar surface area (TPSA) is 7.68 Å². The zero-order valence-corrected chi connectivity index (χ0v) is 12.0. The molecular weight excluding hydrogens is 196 g/mol. The van der Waals surface area contributed by atoms with E-state index in [2.05, 4.69) is 32.7 Å². The van der Waals surface area contributed by atoms with Crippen LogP contribution in [0.3, 0.4) is 0 Å². The quantitative estimate of drug-likeness (QED) is 0.531. The molecule has 2 heteroatoms. The van der Waals surface area contributed by atoms with Crippen molar-refractivity contribution in [3.63, 3.8) is 0 Å². The van der Waals surface area contributed by atoms with E-state index in [1.165, 1.54) is 64.8 Å². The van der Waals surface area contributed by atoms with Crippen LogP contribution in [0.2, 0.25) is 0 Å². The Morgan fingerprint density at radius 1 is 0.750 bits per heavy atom. The molecule has 0 amide bonds. The average molecular weight is 229 g/mol. The van der Waals surface area contributed by atoms with Gasteiger partial charge < -0.3 is 9.80 Å². The second kappa shape index (κ2) is 11.4. The second-order valence-electron chi connectivity index (χ2n) is 5.01. The van der Waals surface area contributed by atoms with Crippen LogP contribution >= 0.6 is 0 Å². The van der Waals surface area contributed by atoms with Gasteiger partial charge in [-0.15, -0.1) is 0 Å². The van der Waals surface area contributed by atoms with E-state index in [-0.39, 0.29) is 0 Å². The Bertz CT molecular complexity index is 131. The fourth-order valence-corrected chi connectivity index (χ4v) is 2.28. The van der Waals surface area contributed by atoms with Gasteiger partial charge in [0.2, 0.25) is 0 Å². The van der Waals surface area contributed by atoms with E-state index in [1.54, 1.807) is 4.90 Å². The minimum Gasteiger partial charge on any atom is -0.337 e. The van der Waals surface area contributed by atoms with Gasteiger partial charge in [0.1, 0.15) is 0 Å². The van der Waals surface area contributed by atoms with E-state index in [9.17, 15) is 0 Å². The molecule has 0 saturated heterocycles. The zero-order valence-electron chi connectivity index (χ0n) is 12.0. The SMILES string of the molecule is CCCN(CCC)CCCC[NH+](C)CCC. The van der Waals surface area contributed by atoms with E-state index in [0.29, 0.717) is 0 Å². The molecule has 0 aromatic rings. The number of unbranched alkanes of at least 4 members (excludes halogenated alkanes) is 1. The van der Waals surface area contributed by atoms with E-state index in [1.807, 2.05) is 0 Å². The largest absolute Gasteiger partial charge is 0.337 e. The molecule has 0 aromatic carbocycles. The molecule has 0 aromatic heterocycles. The van der Waals surface area contributed by atoms with Crippen molar-refractivity contribution in [1.82, 2.24) is 4.90 Å². The van der Waals surface area contributed by atoms with Crippen molar-refractivity contribution in [2.45, 2.75) is 52.9 Å². The van der Waals surface area contributed by atoms with Crippen molar-refractivity contribution in [1.29, 1.82) is 0 Å². The Morgan fingerprint density at radius 3 is 1.88 bits per heavy atom. The van der Waals surface area contributed by atoms with Gasteiger partial charge in [-0.25, -0.2) is 0 Å². The third kappa shape index (κ3) is 9.17. The van der Waals surface area contributed by atoms with Crippen molar-refractivity contribution in [2.24, 2.45) is 0 Å². The third-order valence-electron chi connectivity index (χ3n) is 3.08. The molecule has 0 rings (SSSR count). The predicted molar refractivity (Wildman–Crippen MR) is 73.2 cm³/mol. The van der Waals surface area contributed by atoms with Crippen LogP contribution in [-0.2, 0) is 0 Å². The molecule has 0 radical (unpaired) electrons. The first-order chi connectivity index (χ1) is 7.74. The van der Waals surface area contributed by atoms with Gasteiger partial charge in [-0.05, 0) is 51.7 Å². The van der Waals surface area contributed by atoms with Crippen LogP contribution in [0, 0.1) is 0 Å². The highest BCUT2D eigenvalue weighted by Crippen LogP contribution is 1.97. The van der Waals surface area contributed by atoms with Gasteiger partial charge in [0.05, 0.1) is 20.1 Å². The smallest absolute Gasteiger partial charge is 0.0769 e. The van der Waals surface area contributed by atoms with Gasteiger partial charge in [-0.1, -0.05) is 20.8 Å². The molecule has 0 aliphatic rings. The molecular formula is C14H33N2+. The van der Waals surface area contributed by atoms with Crippen molar-refractivity contribution in [3.8, 4) is 0 Å². The summed E-state index contributed by atoms with van der Waals surface area (Å²) in [6.45, 7) is 13.4. The van der Waals surface area contributed by atoms with Gasteiger partial charge in [-0.3, -0.25) is 0 Å². The van der Waals surface area contributed by atoms with E-state index in [0.717, 1.165) is 0 Å². The van der Waals surface area contributed by atoms with Crippen LogP contribution < -0.4 is 4.90 Å². The molecule has 16 heavy (non-hydrogen) atoms. The Morgan fingerprint density at radius 2 is 1.38 bits per heavy atom. The van der Waals surface area contributed by atoms with Gasteiger partial charge in [0.15, 0.2) is 0 Å². The van der Waals surface area contributed by atoms with Gasteiger partial charge in [0.25, 0.3) is 0 Å². The lowest BCUT2D eigenvalue weighted by molar-refractivity contribution is -0.879. The molecule has 0 fully saturated rings. The minimum absolute atomic E-state index is 1.28. The number of rotatable bonds is 11. The minimum atomic E-state index is 1.28. The summed E-state index contributed by atoms with van der Waals surface area (Å²) in [6, 6.07) is 0. The molecule has 0 aliphatic carbocycles. The fourth-order valence-electron chi connectivity index (χ4n) is 2.28. The van der Waals surface area contributed by atoms with E-state index >= 15 is 0 Å². The first-order valence-electron chi connectivity index (χ1n) is 7.28. The first-order valence-corrected chi connectivity index (χ1v) is 7.28. The molecule has 2 nitrogen and oxygen atoms in total. The lowest BCUT2D eigenvalue weighted by Gasteiger charge is -2.21. The maximum absolute atomic E-state index is 2.62. The molecule has 98 valence electrons. The number of hydrogen-bond acceptors (Lipinski definition) is 1. The number of quaternary nitrogens is 1. The normalized spacial score (nSPS) is 13.3. The third-order valence-corrected chi connectivity index (χ3v) is 3.08. The lowest BCUT2D eigenvalue weighted by atomic mass is 10.2. The highest BCUT2D eigenvalue weighted by Gasteiger charge is 2.03. The fraction of sp³-hybridized carbons (Fsp3) is 1.00. The standard InChI is InChI=1S/C14H32N2/c1-5-10-15(4)13-8-9-14-16(11-6-2)12-7-3/h5-14H2,1-4H3/p+1. The lowest BCUT2D eigenvalue weighted by Crippen LogP contribution is -3.08. The van der Waals surface area contributed by atoms with Gasteiger partial charge >= 0.3 is 0 Å². The van der Waals surface area contributed by atoms with E-state index in [4.69, 9.17) is 0 Å². The van der Waals surface area contributed by atoms with E-state index < -0.39 is 0 Å². The summed E-state index contributed by atoms with van der Waals surface area (Å²) in [4.78, 5) is 4.31. The number of hydrogen-bond donors (Lipinski definition) is 1. The molecule has 0 aliphatic heterocycles. The van der Waals surface area contributed by atoms with Crippen molar-refractivity contribution < 1.29 is 4.90 Å². The molecule has 1 unspecified atom stereocenters. The Hall–Kier alpha value is -0.0800. The molecule has 0 heterocycles. The van der Waals surface area contributed by atoms with Gasteiger partial charge in [0, 0.05) is 0 Å². The van der Waals surface area contributed by atoms with Crippen LogP contribution in [0.1, 0.15) is 52.9 Å². The van der Waals surface area contributed by atoms with Crippen LogP contribution in [-0.4, -0.2) is 44.7 Å². The Balaban J connectivity index is 3.45. The van der Waals surface area contributed by atoms with Crippen molar-refractivity contribution >= 4 is 0 Å². The summed E-state index contributed by atoms with van der Waals surface area (Å²) in [5.74, 6) is 0. The zero-order chi connectivity index (χ0) is 12.2. The summed E-state index contributed by atoms with van der Waals surface area (Å²) < 4.78 is 0. The second-order valence-corrected chi connectivity index (χ2v) is 5.01. The van der Waals surface area contributed by atoms with Crippen LogP contribution in [0.25, 0.3) is 0 Å². The summed E-state index contributed by atoms with van der Waals surface area (Å²) in [5, 5.41) is 0. The number of nitrogens with zero attached hydrogens (tertiary/aromatic N) is 1. The Labute approximate surface area is 103 Å². The van der Waals surface area contributed by atoms with Crippen molar-refractivity contribution in [2.75, 3.05) is 39.8 Å². The highest BCUT2D eigenvalue weighted by atomic mass is 15.1. The average Bonchev–Trinajstić information content (AvgIpc) is 2.25. The maximum Gasteiger partial charge on any atom is 0.0769 e. The molecule has 0 bridgehead atoms. The summed E-state index contributed by atoms with van der Waals surface area (Å²) >= 11 is 0. The molecule has 1 atom stereocenters. The van der Waals surface area contributed by atoms with Crippen LogP contribution in [0.15, 0.2) is 0 Å². The molecule has 0 spiro atoms. The predicted octanol–water partition coefficient (Wildman–Crippen LogP) is 1.81. The van der Waals surface area contributed by atoms with Crippen LogP contribution in [0.5, 0.6) is 0 Å². The van der Waals surface area contributed by atoms with Gasteiger partial charge in [-0.2, -0.15) is 0 Å². The summed E-state index contributed by atoms with van der Waals surface area (Å²) in [6.07, 6.45) is 6.66. The highest BCUT2D eigenvalue weighted by molar-refractivity contribution is 4.55. The number of nitrogens with one attached hydrogen (secondary N) is 1. The maximum atomic E-state index is 2.62.